The van der Waals surface area contributed by atoms with Gasteiger partial charge in [-0.1, -0.05) is 29.8 Å². The number of hydrogen-bond acceptors (Lipinski definition) is 4. The van der Waals surface area contributed by atoms with Crippen LogP contribution in [0.25, 0.3) is 0 Å². The van der Waals surface area contributed by atoms with Crippen LogP contribution in [0.3, 0.4) is 0 Å². The number of ether oxygens (including phenoxy) is 2. The van der Waals surface area contributed by atoms with Gasteiger partial charge in [0.25, 0.3) is 0 Å². The van der Waals surface area contributed by atoms with Crippen LogP contribution in [0, 0.1) is 0 Å². The quantitative estimate of drug-likeness (QED) is 0.603. The first-order chi connectivity index (χ1) is 9.50. The van der Waals surface area contributed by atoms with E-state index in [1.807, 2.05) is 6.07 Å². The maximum Gasteiger partial charge on any atom is 0.235 e. The van der Waals surface area contributed by atoms with E-state index in [0.29, 0.717) is 11.5 Å². The number of methoxy groups -OCH3 is 2. The molecule has 1 aliphatic rings. The lowest BCUT2D eigenvalue weighted by Gasteiger charge is -2.23. The van der Waals surface area contributed by atoms with Crippen LogP contribution in [0.15, 0.2) is 15.5 Å². The Morgan fingerprint density at radius 2 is 2.00 bits per heavy atom. The lowest BCUT2D eigenvalue weighted by Crippen LogP contribution is -2.12. The Morgan fingerprint density at radius 3 is 2.40 bits per heavy atom. The van der Waals surface area contributed by atoms with Gasteiger partial charge in [0, 0.05) is 15.6 Å². The molecule has 0 bridgehead atoms. The summed E-state index contributed by atoms with van der Waals surface area (Å²) in [6.45, 7) is 4.18. The Bertz CT molecular complexity index is 573. The molecule has 1 aromatic carbocycles. The molecule has 1 fully saturated rings. The number of rotatable bonds is 5. The van der Waals surface area contributed by atoms with Gasteiger partial charge in [-0.2, -0.15) is 4.99 Å². The molecule has 1 saturated carbocycles. The molecule has 108 valence electrons. The molecule has 5 heteroatoms. The smallest absolute Gasteiger partial charge is 0.235 e. The molecule has 0 spiro atoms. The summed E-state index contributed by atoms with van der Waals surface area (Å²) in [6.07, 6.45) is 3.42. The number of hydrogen-bond donors (Lipinski definition) is 0. The van der Waals surface area contributed by atoms with Crippen molar-refractivity contribution in [2.45, 2.75) is 38.1 Å². The van der Waals surface area contributed by atoms with Gasteiger partial charge in [0.2, 0.25) is 6.08 Å². The van der Waals surface area contributed by atoms with Gasteiger partial charge >= 0.3 is 0 Å². The van der Waals surface area contributed by atoms with Crippen LogP contribution < -0.4 is 9.47 Å². The molecule has 0 aliphatic heterocycles. The van der Waals surface area contributed by atoms with Gasteiger partial charge in [-0.25, -0.2) is 4.79 Å². The Hall–Kier alpha value is -1.32. The van der Waals surface area contributed by atoms with E-state index in [-0.39, 0.29) is 5.92 Å². The molecule has 0 unspecified atom stereocenters. The Balaban J connectivity index is 2.76. The highest BCUT2D eigenvalue weighted by Gasteiger charge is 2.48. The third-order valence-electron chi connectivity index (χ3n) is 3.68. The molecular weight excluding hydrogens is 322 g/mol. The summed E-state index contributed by atoms with van der Waals surface area (Å²) in [5.41, 5.74) is 1.61. The number of carbonyl (C=O) groups excluding carboxylic acids is 1. The van der Waals surface area contributed by atoms with Crippen LogP contribution in [0.2, 0.25) is 0 Å². The van der Waals surface area contributed by atoms with Crippen molar-refractivity contribution in [3.63, 3.8) is 0 Å². The van der Waals surface area contributed by atoms with E-state index in [4.69, 9.17) is 9.47 Å². The van der Waals surface area contributed by atoms with Gasteiger partial charge < -0.3 is 9.47 Å². The monoisotopic (exact) mass is 339 g/mol. The molecule has 1 aliphatic carbocycles. The standard InChI is InChI=1S/C15H18BrNO3/c1-9(2)12-13(15(5-6-15)17-8-18)10(16)7-11(19-3)14(12)20-4/h7,9H,5-6H2,1-4H3. The van der Waals surface area contributed by atoms with Gasteiger partial charge in [0.15, 0.2) is 11.5 Å². The van der Waals surface area contributed by atoms with Crippen LogP contribution in [0.5, 0.6) is 11.5 Å². The Labute approximate surface area is 127 Å². The molecule has 0 radical (unpaired) electrons. The van der Waals surface area contributed by atoms with E-state index in [9.17, 15) is 4.79 Å². The topological polar surface area (TPSA) is 47.9 Å². The normalized spacial score (nSPS) is 15.7. The predicted octanol–water partition coefficient (Wildman–Crippen LogP) is 3.91. The third-order valence-corrected chi connectivity index (χ3v) is 4.31. The summed E-state index contributed by atoms with van der Waals surface area (Å²) < 4.78 is 11.8. The van der Waals surface area contributed by atoms with E-state index >= 15 is 0 Å². The van der Waals surface area contributed by atoms with E-state index < -0.39 is 5.54 Å². The van der Waals surface area contributed by atoms with Crippen LogP contribution in [0.1, 0.15) is 43.7 Å². The molecule has 0 atom stereocenters. The summed E-state index contributed by atoms with van der Waals surface area (Å²) >= 11 is 3.59. The minimum atomic E-state index is -0.445. The Kier molecular flexibility index (Phi) is 4.21. The van der Waals surface area contributed by atoms with E-state index in [0.717, 1.165) is 28.4 Å². The van der Waals surface area contributed by atoms with Crippen molar-refractivity contribution in [3.05, 3.63) is 21.7 Å². The summed E-state index contributed by atoms with van der Waals surface area (Å²) in [5.74, 6) is 1.62. The van der Waals surface area contributed by atoms with Crippen molar-refractivity contribution in [3.8, 4) is 11.5 Å². The molecule has 20 heavy (non-hydrogen) atoms. The van der Waals surface area contributed by atoms with Gasteiger partial charge in [-0.05, 0) is 24.8 Å². The molecule has 0 N–H and O–H groups in total. The molecule has 0 heterocycles. The first-order valence-electron chi connectivity index (χ1n) is 6.54. The maximum absolute atomic E-state index is 10.7. The first kappa shape index (κ1) is 15.1. The van der Waals surface area contributed by atoms with Gasteiger partial charge in [0.1, 0.15) is 0 Å². The summed E-state index contributed by atoms with van der Waals surface area (Å²) in [5, 5.41) is 0. The molecule has 4 nitrogen and oxygen atoms in total. The number of benzene rings is 1. The second-order valence-corrected chi connectivity index (χ2v) is 6.13. The number of isocyanates is 1. The second kappa shape index (κ2) is 5.58. The van der Waals surface area contributed by atoms with Crippen molar-refractivity contribution in [2.24, 2.45) is 4.99 Å². The average Bonchev–Trinajstić information content (AvgIpc) is 3.17. The zero-order chi connectivity index (χ0) is 14.9. The average molecular weight is 340 g/mol. The highest BCUT2D eigenvalue weighted by molar-refractivity contribution is 9.10. The first-order valence-corrected chi connectivity index (χ1v) is 7.34. The van der Waals surface area contributed by atoms with Gasteiger partial charge in [0.05, 0.1) is 19.8 Å². The zero-order valence-corrected chi connectivity index (χ0v) is 13.7. The minimum Gasteiger partial charge on any atom is -0.493 e. The van der Waals surface area contributed by atoms with Crippen molar-refractivity contribution < 1.29 is 14.3 Å². The molecule has 2 rings (SSSR count). The van der Waals surface area contributed by atoms with Gasteiger partial charge in [-0.3, -0.25) is 0 Å². The largest absolute Gasteiger partial charge is 0.493 e. The van der Waals surface area contributed by atoms with Crippen molar-refractivity contribution in [1.82, 2.24) is 0 Å². The van der Waals surface area contributed by atoms with Crippen molar-refractivity contribution in [2.75, 3.05) is 14.2 Å². The molecule has 1 aromatic rings. The lowest BCUT2D eigenvalue weighted by atomic mass is 9.90. The Morgan fingerprint density at radius 1 is 1.35 bits per heavy atom. The minimum absolute atomic E-state index is 0.227. The maximum atomic E-state index is 10.7. The van der Waals surface area contributed by atoms with Crippen molar-refractivity contribution >= 4 is 22.0 Å². The highest BCUT2D eigenvalue weighted by Crippen LogP contribution is 2.56. The van der Waals surface area contributed by atoms with Crippen LogP contribution in [-0.4, -0.2) is 20.3 Å². The summed E-state index contributed by atoms with van der Waals surface area (Å²) in [4.78, 5) is 14.8. The fourth-order valence-electron chi connectivity index (χ4n) is 2.64. The van der Waals surface area contributed by atoms with E-state index in [2.05, 4.69) is 34.8 Å². The lowest BCUT2D eigenvalue weighted by molar-refractivity contribution is 0.348. The highest BCUT2D eigenvalue weighted by atomic mass is 79.9. The second-order valence-electron chi connectivity index (χ2n) is 5.27. The van der Waals surface area contributed by atoms with E-state index in [1.165, 1.54) is 0 Å². The van der Waals surface area contributed by atoms with E-state index in [1.54, 1.807) is 20.3 Å². The predicted molar refractivity (Wildman–Crippen MR) is 80.4 cm³/mol. The van der Waals surface area contributed by atoms with Crippen LogP contribution in [-0.2, 0) is 10.3 Å². The third kappa shape index (κ3) is 2.36. The fraction of sp³-hybridized carbons (Fsp3) is 0.533. The van der Waals surface area contributed by atoms with Crippen molar-refractivity contribution in [1.29, 1.82) is 0 Å². The van der Waals surface area contributed by atoms with Gasteiger partial charge in [-0.15, -0.1) is 0 Å². The fourth-order valence-corrected chi connectivity index (χ4v) is 3.43. The number of nitrogens with zero attached hydrogens (tertiary/aromatic N) is 1. The summed E-state index contributed by atoms with van der Waals surface area (Å²) in [7, 11) is 3.24. The summed E-state index contributed by atoms with van der Waals surface area (Å²) in [6, 6.07) is 1.88. The van der Waals surface area contributed by atoms with Crippen LogP contribution >= 0.6 is 15.9 Å². The zero-order valence-electron chi connectivity index (χ0n) is 12.1. The SMILES string of the molecule is COc1cc(Br)c(C2(N=C=O)CC2)c(C(C)C)c1OC. The molecular formula is C15H18BrNO3. The molecule has 0 amide bonds. The number of halogens is 1. The number of aliphatic imine (C=N–C) groups is 1. The molecule has 0 saturated heterocycles. The molecule has 0 aromatic heterocycles. The van der Waals surface area contributed by atoms with Crippen LogP contribution in [0.4, 0.5) is 0 Å².